The van der Waals surface area contributed by atoms with E-state index in [0.29, 0.717) is 0 Å². The van der Waals surface area contributed by atoms with Gasteiger partial charge in [0.15, 0.2) is 0 Å². The first kappa shape index (κ1) is 30.1. The maximum atomic E-state index is 3.36. The van der Waals surface area contributed by atoms with Crippen molar-refractivity contribution in [3.63, 3.8) is 0 Å². The third-order valence-electron chi connectivity index (χ3n) is 5.90. The predicted octanol–water partition coefficient (Wildman–Crippen LogP) is 8.13. The van der Waals surface area contributed by atoms with Gasteiger partial charge in [0.05, 0.1) is 0 Å². The molecule has 0 fully saturated rings. The molecule has 2 heteroatoms. The second-order valence-corrected chi connectivity index (χ2v) is 9.78. The van der Waals surface area contributed by atoms with Crippen LogP contribution in [0.2, 0.25) is 0 Å². The summed E-state index contributed by atoms with van der Waals surface area (Å²) < 4.78 is 1.42. The van der Waals surface area contributed by atoms with Crippen LogP contribution in [0.25, 0.3) is 11.1 Å². The number of rotatable bonds is 3. The molecule has 0 radical (unpaired) electrons. The van der Waals surface area contributed by atoms with E-state index in [4.69, 9.17) is 0 Å². The Hall–Kier alpha value is -3.09. The molecule has 0 aromatic heterocycles. The fourth-order valence-corrected chi connectivity index (χ4v) is 4.99. The van der Waals surface area contributed by atoms with Crippen molar-refractivity contribution in [3.05, 3.63) is 165 Å². The van der Waals surface area contributed by atoms with Crippen LogP contribution in [0.5, 0.6) is 0 Å². The Morgan fingerprint density at radius 1 is 0.784 bits per heavy atom. The summed E-state index contributed by atoms with van der Waals surface area (Å²) in [5, 5.41) is 0. The van der Waals surface area contributed by atoms with Crippen LogP contribution in [0.3, 0.4) is 0 Å². The van der Waals surface area contributed by atoms with Crippen LogP contribution >= 0.6 is 0 Å². The van der Waals surface area contributed by atoms with Crippen molar-refractivity contribution in [2.75, 3.05) is 19.0 Å². The second kappa shape index (κ2) is 15.2. The molecule has 0 atom stereocenters. The third kappa shape index (κ3) is 7.95. The van der Waals surface area contributed by atoms with Crippen molar-refractivity contribution in [3.8, 4) is 11.1 Å². The minimum absolute atomic E-state index is 0. The van der Waals surface area contributed by atoms with Crippen LogP contribution < -0.4 is 4.90 Å². The summed E-state index contributed by atoms with van der Waals surface area (Å²) in [4.78, 5) is 2.18. The molecule has 0 bridgehead atoms. The molecular formula is C35H35NZr-4. The molecule has 0 spiro atoms. The van der Waals surface area contributed by atoms with Crippen molar-refractivity contribution in [2.24, 2.45) is 0 Å². The monoisotopic (exact) mass is 559 g/mol. The van der Waals surface area contributed by atoms with E-state index < -0.39 is 0 Å². The van der Waals surface area contributed by atoms with E-state index in [1.165, 1.54) is 66.5 Å². The van der Waals surface area contributed by atoms with Gasteiger partial charge < -0.3 is 19.8 Å². The van der Waals surface area contributed by atoms with E-state index in [1.807, 2.05) is 18.2 Å². The van der Waals surface area contributed by atoms with Crippen LogP contribution in [-0.2, 0) is 30.7 Å². The van der Waals surface area contributed by atoms with Crippen LogP contribution in [0, 0.1) is 27.0 Å². The molecule has 0 saturated heterocycles. The fraction of sp³-hybridized carbons (Fsp3) is 0.114. The zero-order chi connectivity index (χ0) is 24.5. The van der Waals surface area contributed by atoms with E-state index in [9.17, 15) is 0 Å². The van der Waals surface area contributed by atoms with Crippen molar-refractivity contribution in [2.45, 2.75) is 12.8 Å². The van der Waals surface area contributed by atoms with Gasteiger partial charge in [-0.3, -0.25) is 6.08 Å². The molecule has 4 aromatic rings. The van der Waals surface area contributed by atoms with E-state index in [2.05, 4.69) is 128 Å². The molecule has 1 nitrogen and oxygen atoms in total. The van der Waals surface area contributed by atoms with Crippen molar-refractivity contribution in [1.82, 2.24) is 0 Å². The Balaban J connectivity index is 0.000000211. The van der Waals surface area contributed by atoms with Gasteiger partial charge >= 0.3 is 99.2 Å². The molecule has 37 heavy (non-hydrogen) atoms. The van der Waals surface area contributed by atoms with Gasteiger partial charge in [-0.25, -0.2) is 12.2 Å². The summed E-state index contributed by atoms with van der Waals surface area (Å²) in [6, 6.07) is 37.3. The average molecular weight is 561 g/mol. The van der Waals surface area contributed by atoms with Crippen molar-refractivity contribution < 1.29 is 24.2 Å². The summed E-state index contributed by atoms with van der Waals surface area (Å²) in [5.74, 6) is 0. The molecule has 0 saturated carbocycles. The minimum atomic E-state index is 0. The molecule has 4 aromatic carbocycles. The zero-order valence-electron chi connectivity index (χ0n) is 22.3. The quantitative estimate of drug-likeness (QED) is 0.201. The van der Waals surface area contributed by atoms with Gasteiger partial charge in [0.1, 0.15) is 0 Å². The van der Waals surface area contributed by atoms with Crippen LogP contribution in [0.4, 0.5) is 5.69 Å². The Morgan fingerprint density at radius 3 is 1.89 bits per heavy atom. The molecule has 0 heterocycles. The molecule has 0 amide bonds. The molecule has 6 rings (SSSR count). The first-order valence-electron chi connectivity index (χ1n) is 11.9. The topological polar surface area (TPSA) is 3.24 Å². The second-order valence-electron chi connectivity index (χ2n) is 8.55. The summed E-state index contributed by atoms with van der Waals surface area (Å²) in [6.45, 7) is 0. The molecule has 0 N–H and O–H groups in total. The van der Waals surface area contributed by atoms with Gasteiger partial charge in [-0.1, -0.05) is 41.1 Å². The fourth-order valence-electron chi connectivity index (χ4n) is 4.17. The maximum absolute atomic E-state index is 3.36. The van der Waals surface area contributed by atoms with E-state index in [1.54, 1.807) is 0 Å². The summed E-state index contributed by atoms with van der Waals surface area (Å²) >= 11 is 1.46. The Bertz CT molecular complexity index is 1270. The van der Waals surface area contributed by atoms with Gasteiger partial charge in [0, 0.05) is 14.1 Å². The zero-order valence-corrected chi connectivity index (χ0v) is 24.8. The first-order chi connectivity index (χ1) is 17.1. The molecule has 188 valence electrons. The number of allylic oxidation sites excluding steroid dienone is 4. The molecule has 0 unspecified atom stereocenters. The van der Waals surface area contributed by atoms with Crippen LogP contribution in [0.15, 0.2) is 115 Å². The summed E-state index contributed by atoms with van der Waals surface area (Å²) in [6.07, 6.45) is 11.0. The van der Waals surface area contributed by atoms with E-state index in [-0.39, 0.29) is 14.9 Å². The molecule has 2 aliphatic rings. The molecular weight excluding hydrogens is 526 g/mol. The van der Waals surface area contributed by atoms with Crippen LogP contribution in [-0.4, -0.2) is 17.3 Å². The van der Waals surface area contributed by atoms with Gasteiger partial charge in [-0.05, 0) is 6.42 Å². The molecule has 0 aliphatic heterocycles. The Labute approximate surface area is 239 Å². The number of benzene rings is 4. The van der Waals surface area contributed by atoms with Crippen LogP contribution in [0.1, 0.15) is 28.7 Å². The van der Waals surface area contributed by atoms with Gasteiger partial charge in [-0.2, -0.15) is 18.2 Å². The van der Waals surface area contributed by atoms with Gasteiger partial charge in [-0.15, -0.1) is 23.6 Å². The van der Waals surface area contributed by atoms with Gasteiger partial charge in [0.25, 0.3) is 0 Å². The number of hydrogen-bond donors (Lipinski definition) is 0. The van der Waals surface area contributed by atoms with E-state index >= 15 is 0 Å². The van der Waals surface area contributed by atoms with Crippen molar-refractivity contribution in [1.29, 1.82) is 0 Å². The Morgan fingerprint density at radius 2 is 1.38 bits per heavy atom. The van der Waals surface area contributed by atoms with E-state index in [0.717, 1.165) is 12.8 Å². The number of fused-ring (bicyclic) bond motifs is 3. The Kier molecular flexibility index (Phi) is 12.4. The standard InChI is InChI=1S/C15H14N.C13H10.C5H5.2CH3.Zr/c1-16(2)14-9-5-7-12-10-11-6-3-4-8-13(11)15(12)14;1-3-7-12(8-4-1)11-13-9-5-2-6-10-13;1-2-4-5-3-1;;;/h3-6,8-9H,10H2,1-2H3;1-10H;1-3H,4H2;2*1H3;/q-1;;3*-1;. The summed E-state index contributed by atoms with van der Waals surface area (Å²) in [5.41, 5.74) is 9.43. The first-order valence-corrected chi connectivity index (χ1v) is 13.1. The van der Waals surface area contributed by atoms with Gasteiger partial charge in [0.2, 0.25) is 0 Å². The number of nitrogens with zero attached hydrogens (tertiary/aromatic N) is 1. The predicted molar refractivity (Wildman–Crippen MR) is 158 cm³/mol. The number of hydrogen-bond acceptors (Lipinski definition) is 1. The summed E-state index contributed by atoms with van der Waals surface area (Å²) in [7, 11) is 4.19. The third-order valence-corrected chi connectivity index (χ3v) is 7.32. The van der Waals surface area contributed by atoms with Crippen molar-refractivity contribution >= 4 is 8.89 Å². The molecule has 2 aliphatic carbocycles. The average Bonchev–Trinajstić information content (AvgIpc) is 3.61. The SMILES string of the molecule is CN(C)c1cc[c-]c2c1-c1ccccc1C2.[C-]1=CC=CC1.[CH3-].[CH3-].[Zr]=[C](c1ccccc1)c1ccccc1. The number of anilines is 1. The normalized spacial score (nSPS) is 11.3.